The number of phenolic OH excluding ortho intramolecular Hbond substituents is 1. The molecule has 113 heavy (non-hydrogen) atoms. The van der Waals surface area contributed by atoms with E-state index in [0.717, 1.165) is 61.7 Å². The fourth-order valence-electron chi connectivity index (χ4n) is 19.1. The zero-order chi connectivity index (χ0) is 83.4. The average Bonchev–Trinajstić information content (AvgIpc) is 1.60. The van der Waals surface area contributed by atoms with Crippen molar-refractivity contribution in [1.82, 2.24) is 10.2 Å². The number of Topliss-reactive ketones (excluding diaryl/α,β-unsaturated/α-hetero) is 4. The topological polar surface area (TPSA) is 349 Å². The van der Waals surface area contributed by atoms with E-state index in [0.29, 0.717) is 101 Å². The second kappa shape index (κ2) is 42.5. The number of benzene rings is 1. The molecule has 0 unspecified atom stereocenters. The Bertz CT molecular complexity index is 3650. The minimum Gasteiger partial charge on any atom is -0.504 e. The van der Waals surface area contributed by atoms with Crippen molar-refractivity contribution in [2.45, 2.75) is 284 Å². The van der Waals surface area contributed by atoms with Crippen LogP contribution in [0.3, 0.4) is 0 Å². The molecule has 3 heterocycles. The Morgan fingerprint density at radius 1 is 0.823 bits per heavy atom. The van der Waals surface area contributed by atoms with Crippen LogP contribution in [0.4, 0.5) is 0 Å². The lowest BCUT2D eigenvalue weighted by Crippen LogP contribution is -2.61. The highest BCUT2D eigenvalue weighted by molar-refractivity contribution is 6.39. The van der Waals surface area contributed by atoms with E-state index in [1.807, 2.05) is 71.1 Å². The average molecular weight is 1580 g/mol. The summed E-state index contributed by atoms with van der Waals surface area (Å²) in [4.78, 5) is 108. The summed E-state index contributed by atoms with van der Waals surface area (Å²) in [6.07, 6.45) is 26.7. The Morgan fingerprint density at radius 2 is 1.56 bits per heavy atom. The Morgan fingerprint density at radius 3 is 2.24 bits per heavy atom. The van der Waals surface area contributed by atoms with Gasteiger partial charge in [-0.15, -0.1) is 0 Å². The highest BCUT2D eigenvalue weighted by Gasteiger charge is 2.68. The molecule has 2 bridgehead atoms. The molecule has 6 fully saturated rings. The molecule has 1 aromatic rings. The number of nitrogens with one attached hydrogen (secondary N) is 1. The van der Waals surface area contributed by atoms with Crippen LogP contribution in [0, 0.1) is 70.0 Å². The fraction of sp³-hybridized carbons (Fsp3) is 0.689. The van der Waals surface area contributed by atoms with Crippen molar-refractivity contribution in [3.05, 3.63) is 107 Å². The number of methoxy groups -OCH3 is 4. The van der Waals surface area contributed by atoms with E-state index in [4.69, 9.17) is 28.4 Å². The molecular formula is C90H134N2O21. The van der Waals surface area contributed by atoms with Gasteiger partial charge in [-0.05, 0) is 206 Å². The van der Waals surface area contributed by atoms with Crippen molar-refractivity contribution < 1.29 is 103 Å². The molecule has 4 saturated carbocycles. The number of unbranched alkanes of at least 4 members (excludes halogenated alkanes) is 2. The minimum atomic E-state index is -2.43. The van der Waals surface area contributed by atoms with Crippen LogP contribution >= 0.6 is 0 Å². The second-order valence-corrected chi connectivity index (χ2v) is 34.5. The van der Waals surface area contributed by atoms with Crippen LogP contribution < -0.4 is 10.1 Å². The van der Waals surface area contributed by atoms with E-state index >= 15 is 0 Å². The molecule has 23 heteroatoms. The molecule has 0 spiro atoms. The van der Waals surface area contributed by atoms with Gasteiger partial charge in [0, 0.05) is 88.2 Å². The predicted molar refractivity (Wildman–Crippen MR) is 429 cm³/mol. The standard InChI is InChI=1S/C51H79NO13.C21H28O5.C18H27NO3/c1-30-16-12-11-13-17-31(2)42(61-8)28-38-21-19-36(7)51(60,65-38)48(57)49(58)52-23-15-14-18-39(52)50(59)64-43(33(4)26-37-20-22-40(53)44(27-37)62-9)29-41(54)32(3)25-35(6)46(56)47(63-10)45(55)34(5)24-30;1-19-7-5-13(23)9-12(19)3-4-14-15-6-8-21(26,17(25)11-22)20(15,2)10-16(24)18(14)19;1-14(2)8-6-4-5-7-9-18(21)19-13-15-10-11-16(20)17(12-15)22-3/h11-13,16-17,25,30,32-34,36-40,42-44,46-47,53,56,60H,14-15,18-24,26-29H2,1-10H3;5,7,9,14-16,18,22,24,26H,3-4,6,8,10-11H2,1-2H3;6,8,10-12,14,20H,4-5,7,9,13H2,1-3H3,(H,19,21)/b13-11+,16-12+,31-17+,35-25+;;8-6+/t30-,32-,33-,34-,36-,37+,38+,39+,40-,42+,43+,44-,46-,47+,51-;14-,15-,16-,18+,19-,20-,21-;/m10./s1. The molecule has 3 aliphatic heterocycles. The van der Waals surface area contributed by atoms with Gasteiger partial charge in [-0.3, -0.25) is 33.6 Å². The number of aliphatic hydroxyl groups is 6. The number of hydrogen-bond donors (Lipinski definition) is 8. The number of rotatable bonds is 17. The van der Waals surface area contributed by atoms with Crippen LogP contribution in [0.1, 0.15) is 217 Å². The van der Waals surface area contributed by atoms with Gasteiger partial charge in [0.05, 0.1) is 37.6 Å². The van der Waals surface area contributed by atoms with Crippen LogP contribution in [0.25, 0.3) is 0 Å². The first-order valence-corrected chi connectivity index (χ1v) is 41.4. The molecule has 0 radical (unpaired) electrons. The summed E-state index contributed by atoms with van der Waals surface area (Å²) in [5.74, 6) is -7.02. The number of ketones is 5. The van der Waals surface area contributed by atoms with Gasteiger partial charge in [-0.25, -0.2) is 4.79 Å². The third-order valence-corrected chi connectivity index (χ3v) is 26.0. The number of amides is 2. The van der Waals surface area contributed by atoms with Gasteiger partial charge >= 0.3 is 5.97 Å². The predicted octanol–water partition coefficient (Wildman–Crippen LogP) is 11.5. The van der Waals surface area contributed by atoms with Crippen LogP contribution in [-0.2, 0) is 68.6 Å². The van der Waals surface area contributed by atoms with Crippen molar-refractivity contribution >= 4 is 46.7 Å². The SMILES string of the molecule is CO[C@H]1C[C@@H]2CC[C@@H](C)[C@@](O)(O2)C(=O)C(=O)N2CCCC[C@H]2C(=O)O[C@H]([C@H](C)C[C@@H]2CC[C@@H](O)[C@H](OC)C2)CC(=O)[C@H](C)/C=C(\C)[C@@H](O)[C@@H](OC)C(=O)[C@H](C)C[C@H](C)/C=C/C=C/C=C/1C.COc1cc(CNC(=O)CCCC/C=C/C(C)C)ccc1O.C[C@]12C=CC(=O)C=C1CC[C@@H]1[C@@H]2[C@@H](O)C[C@@]2(C)[C@H]1CC[C@]2(O)C(=O)CO. The van der Waals surface area contributed by atoms with E-state index < -0.39 is 113 Å². The Balaban J connectivity index is 0.000000296. The number of hydrogen-bond acceptors (Lipinski definition) is 21. The maximum Gasteiger partial charge on any atom is 0.329 e. The normalized spacial score (nSPS) is 36.9. The lowest BCUT2D eigenvalue weighted by atomic mass is 9.46. The first-order valence-electron chi connectivity index (χ1n) is 41.4. The van der Waals surface area contributed by atoms with Crippen molar-refractivity contribution in [2.24, 2.45) is 70.0 Å². The molecule has 2 saturated heterocycles. The number of fused-ring (bicyclic) bond motifs is 8. The van der Waals surface area contributed by atoms with Gasteiger partial charge in [0.15, 0.2) is 28.8 Å². The minimum absolute atomic E-state index is 0.00912. The summed E-state index contributed by atoms with van der Waals surface area (Å²) in [5.41, 5.74) is 0.630. The molecule has 22 atom stereocenters. The molecule has 5 aliphatic carbocycles. The van der Waals surface area contributed by atoms with Crippen molar-refractivity contribution in [1.29, 1.82) is 0 Å². The molecule has 8 N–H and O–H groups in total. The molecule has 630 valence electrons. The number of aromatic hydroxyl groups is 1. The molecule has 0 aromatic heterocycles. The van der Waals surface area contributed by atoms with Crippen LogP contribution in [-0.4, -0.2) is 195 Å². The van der Waals surface area contributed by atoms with E-state index in [9.17, 15) is 74.1 Å². The van der Waals surface area contributed by atoms with Crippen molar-refractivity contribution in [2.75, 3.05) is 41.6 Å². The molecule has 1 aromatic carbocycles. The Kier molecular flexibility index (Phi) is 35.2. The van der Waals surface area contributed by atoms with E-state index in [2.05, 4.69) is 38.2 Å². The number of ether oxygens (including phenoxy) is 6. The number of allylic oxidation sites excluding steroid dienone is 12. The molecule has 9 rings (SSSR count). The maximum atomic E-state index is 14.4. The van der Waals surface area contributed by atoms with Gasteiger partial charge in [-0.1, -0.05) is 129 Å². The molecule has 2 amide bonds. The summed E-state index contributed by atoms with van der Waals surface area (Å²) in [5, 5.41) is 77.9. The van der Waals surface area contributed by atoms with Gasteiger partial charge in [0.25, 0.3) is 11.7 Å². The van der Waals surface area contributed by atoms with E-state index in [-0.39, 0.29) is 95.4 Å². The van der Waals surface area contributed by atoms with Crippen molar-refractivity contribution in [3.63, 3.8) is 0 Å². The van der Waals surface area contributed by atoms with Gasteiger partial charge in [0.1, 0.15) is 42.3 Å². The van der Waals surface area contributed by atoms with Gasteiger partial charge < -0.3 is 74.4 Å². The fourth-order valence-corrected chi connectivity index (χ4v) is 19.1. The van der Waals surface area contributed by atoms with Crippen molar-refractivity contribution in [3.8, 4) is 11.5 Å². The highest BCUT2D eigenvalue weighted by Crippen LogP contribution is 2.67. The third-order valence-electron chi connectivity index (χ3n) is 26.0. The van der Waals surface area contributed by atoms with Crippen LogP contribution in [0.2, 0.25) is 0 Å². The zero-order valence-electron chi connectivity index (χ0n) is 69.8. The summed E-state index contributed by atoms with van der Waals surface area (Å²) in [6.45, 7) is 20.8. The summed E-state index contributed by atoms with van der Waals surface area (Å²) < 4.78 is 34.4. The Hall–Kier alpha value is -6.64. The smallest absolute Gasteiger partial charge is 0.329 e. The summed E-state index contributed by atoms with van der Waals surface area (Å²) in [6, 6.07) is 3.93. The largest absolute Gasteiger partial charge is 0.504 e. The first kappa shape index (κ1) is 93.5. The van der Waals surface area contributed by atoms with Crippen LogP contribution in [0.15, 0.2) is 102 Å². The number of aliphatic hydroxyl groups excluding tert-OH is 4. The zero-order valence-corrected chi connectivity index (χ0v) is 69.8. The number of carbonyl (C=O) groups is 8. The molecular weight excluding hydrogens is 1440 g/mol. The lowest BCUT2D eigenvalue weighted by Gasteiger charge is -2.59. The number of piperidine rings is 1. The summed E-state index contributed by atoms with van der Waals surface area (Å²) in [7, 11) is 6.03. The summed E-state index contributed by atoms with van der Waals surface area (Å²) >= 11 is 0. The van der Waals surface area contributed by atoms with E-state index in [1.165, 1.54) is 19.1 Å². The monoisotopic (exact) mass is 1580 g/mol. The maximum absolute atomic E-state index is 14.4. The number of phenols is 1. The van der Waals surface area contributed by atoms with E-state index in [1.54, 1.807) is 71.4 Å². The number of esters is 1. The number of cyclic esters (lactones) is 1. The van der Waals surface area contributed by atoms with Gasteiger partial charge in [0.2, 0.25) is 11.7 Å². The lowest BCUT2D eigenvalue weighted by molar-refractivity contribution is -0.265. The third kappa shape index (κ3) is 23.4. The number of carbonyl (C=O) groups excluding carboxylic acids is 8. The molecule has 8 aliphatic rings. The molecule has 23 nitrogen and oxygen atoms in total. The number of nitrogens with zero attached hydrogens (tertiary/aromatic N) is 1. The van der Waals surface area contributed by atoms with Gasteiger partial charge in [-0.2, -0.15) is 0 Å². The first-order chi connectivity index (χ1) is 53.4. The highest BCUT2D eigenvalue weighted by atomic mass is 16.6. The quantitative estimate of drug-likeness (QED) is 0.0311. The van der Waals surface area contributed by atoms with Crippen LogP contribution in [0.5, 0.6) is 11.5 Å². The Labute approximate surface area is 670 Å². The second-order valence-electron chi connectivity index (χ2n) is 34.5.